The average molecular weight is 401 g/mol. The number of nitrogen functional groups attached to an aromatic ring is 1. The molecule has 3 aromatic rings. The van der Waals surface area contributed by atoms with Gasteiger partial charge in [0, 0.05) is 23.7 Å². The number of nitrogens with one attached hydrogen (secondary N) is 2. The largest absolute Gasteiger partial charge is 0.384 e. The van der Waals surface area contributed by atoms with Gasteiger partial charge >= 0.3 is 0 Å². The van der Waals surface area contributed by atoms with E-state index in [1.54, 1.807) is 6.07 Å². The molecule has 1 amide bonds. The Kier molecular flexibility index (Phi) is 7.33. The number of pyridine rings is 1. The predicted molar refractivity (Wildman–Crippen MR) is 123 cm³/mol. The molecule has 5 nitrogen and oxygen atoms in total. The number of nitrogens with zero attached hydrogens (tertiary/aromatic N) is 1. The highest BCUT2D eigenvalue weighted by Crippen LogP contribution is 2.19. The Morgan fingerprint density at radius 1 is 1.00 bits per heavy atom. The van der Waals surface area contributed by atoms with Crippen LogP contribution in [0.25, 0.3) is 11.3 Å². The molecule has 0 saturated carbocycles. The lowest BCUT2D eigenvalue weighted by Gasteiger charge is -2.15. The van der Waals surface area contributed by atoms with Crippen molar-refractivity contribution in [1.82, 2.24) is 10.3 Å². The maximum Gasteiger partial charge on any atom is 0.224 e. The molecule has 1 aromatic heterocycles. The monoisotopic (exact) mass is 400 g/mol. The Bertz CT molecular complexity index is 984. The molecule has 0 spiro atoms. The van der Waals surface area contributed by atoms with Gasteiger partial charge in [-0.05, 0) is 43.0 Å². The Balaban J connectivity index is 1.43. The molecule has 0 aliphatic heterocycles. The summed E-state index contributed by atoms with van der Waals surface area (Å²) in [6, 6.07) is 23.5. The Labute approximate surface area is 177 Å². The number of nitrogens with two attached hydrogens (primary N) is 1. The molecule has 0 aliphatic carbocycles. The Hall–Kier alpha value is -3.47. The predicted octanol–water partition coefficient (Wildman–Crippen LogP) is 4.42. The van der Waals surface area contributed by atoms with E-state index >= 15 is 0 Å². The van der Waals surface area contributed by atoms with Crippen LogP contribution < -0.4 is 11.1 Å². The first kappa shape index (κ1) is 21.2. The van der Waals surface area contributed by atoms with Crippen LogP contribution in [0.3, 0.4) is 0 Å². The SMILES string of the molecule is CC(CC(=N)CCc1ccc(-c2cccc(N)n2)cc1)NC(=O)Cc1ccccc1. The van der Waals surface area contributed by atoms with Gasteiger partial charge in [-0.2, -0.15) is 0 Å². The van der Waals surface area contributed by atoms with Crippen LogP contribution >= 0.6 is 0 Å². The number of carbonyl (C=O) groups excluding carboxylic acids is 1. The van der Waals surface area contributed by atoms with Gasteiger partial charge in [0.15, 0.2) is 0 Å². The maximum absolute atomic E-state index is 12.2. The molecule has 3 rings (SSSR count). The van der Waals surface area contributed by atoms with E-state index in [1.807, 2.05) is 61.5 Å². The highest BCUT2D eigenvalue weighted by atomic mass is 16.1. The van der Waals surface area contributed by atoms with Gasteiger partial charge in [0.1, 0.15) is 5.82 Å². The molecular weight excluding hydrogens is 372 g/mol. The van der Waals surface area contributed by atoms with E-state index in [-0.39, 0.29) is 11.9 Å². The summed E-state index contributed by atoms with van der Waals surface area (Å²) in [4.78, 5) is 16.5. The summed E-state index contributed by atoms with van der Waals surface area (Å²) >= 11 is 0. The lowest BCUT2D eigenvalue weighted by Crippen LogP contribution is -2.35. The molecule has 5 heteroatoms. The summed E-state index contributed by atoms with van der Waals surface area (Å²) in [5.74, 6) is 0.502. The molecular formula is C25H28N4O. The van der Waals surface area contributed by atoms with Crippen LogP contribution in [0.15, 0.2) is 72.8 Å². The highest BCUT2D eigenvalue weighted by Gasteiger charge is 2.11. The standard InChI is InChI=1S/C25H28N4O/c1-18(28-25(30)17-20-6-3-2-4-7-20)16-22(26)15-12-19-10-13-21(14-11-19)23-8-5-9-24(27)29-23/h2-11,13-14,18,26H,12,15-17H2,1H3,(H2,27,29)(H,28,30). The summed E-state index contributed by atoms with van der Waals surface area (Å²) in [5.41, 5.74) is 10.4. The van der Waals surface area contributed by atoms with Crippen LogP contribution in [0.5, 0.6) is 0 Å². The van der Waals surface area contributed by atoms with Crippen LogP contribution in [-0.4, -0.2) is 22.6 Å². The van der Waals surface area contributed by atoms with Crippen molar-refractivity contribution in [3.63, 3.8) is 0 Å². The lowest BCUT2D eigenvalue weighted by molar-refractivity contribution is -0.120. The minimum atomic E-state index is -0.0503. The molecule has 0 bridgehead atoms. The first-order valence-corrected chi connectivity index (χ1v) is 10.2. The van der Waals surface area contributed by atoms with Gasteiger partial charge in [0.05, 0.1) is 12.1 Å². The van der Waals surface area contributed by atoms with Gasteiger partial charge in [-0.25, -0.2) is 4.98 Å². The summed E-state index contributed by atoms with van der Waals surface area (Å²) in [6.07, 6.45) is 2.40. The number of benzene rings is 2. The van der Waals surface area contributed by atoms with Crippen LogP contribution in [0.1, 0.15) is 30.9 Å². The normalized spacial score (nSPS) is 11.6. The van der Waals surface area contributed by atoms with Crippen molar-refractivity contribution in [2.45, 2.75) is 38.6 Å². The van der Waals surface area contributed by atoms with Crippen molar-refractivity contribution in [3.8, 4) is 11.3 Å². The van der Waals surface area contributed by atoms with E-state index < -0.39 is 0 Å². The van der Waals surface area contributed by atoms with Gasteiger partial charge < -0.3 is 16.5 Å². The number of rotatable bonds is 9. The van der Waals surface area contributed by atoms with E-state index in [0.717, 1.165) is 23.2 Å². The van der Waals surface area contributed by atoms with Gasteiger partial charge in [-0.3, -0.25) is 4.79 Å². The molecule has 154 valence electrons. The van der Waals surface area contributed by atoms with Crippen LogP contribution in [0.2, 0.25) is 0 Å². The summed E-state index contributed by atoms with van der Waals surface area (Å²) in [5, 5.41) is 11.2. The number of aryl methyl sites for hydroxylation is 1. The number of aromatic nitrogens is 1. The fourth-order valence-corrected chi connectivity index (χ4v) is 3.38. The molecule has 0 aliphatic rings. The summed E-state index contributed by atoms with van der Waals surface area (Å²) in [7, 11) is 0. The third-order valence-corrected chi connectivity index (χ3v) is 4.90. The van der Waals surface area contributed by atoms with Crippen LogP contribution in [0.4, 0.5) is 5.82 Å². The minimum Gasteiger partial charge on any atom is -0.384 e. The van der Waals surface area contributed by atoms with Crippen molar-refractivity contribution in [2.24, 2.45) is 0 Å². The van der Waals surface area contributed by atoms with E-state index in [2.05, 4.69) is 22.4 Å². The molecule has 2 aromatic carbocycles. The van der Waals surface area contributed by atoms with E-state index in [4.69, 9.17) is 11.1 Å². The third-order valence-electron chi connectivity index (χ3n) is 4.90. The molecule has 0 radical (unpaired) electrons. The van der Waals surface area contributed by atoms with Crippen molar-refractivity contribution in [2.75, 3.05) is 5.73 Å². The number of carbonyl (C=O) groups is 1. The second kappa shape index (κ2) is 10.3. The number of amides is 1. The summed E-state index contributed by atoms with van der Waals surface area (Å²) in [6.45, 7) is 1.95. The smallest absolute Gasteiger partial charge is 0.224 e. The second-order valence-electron chi connectivity index (χ2n) is 7.58. The van der Waals surface area contributed by atoms with Gasteiger partial charge in [-0.1, -0.05) is 60.7 Å². The van der Waals surface area contributed by atoms with E-state index in [1.165, 1.54) is 5.56 Å². The van der Waals surface area contributed by atoms with E-state index in [9.17, 15) is 4.79 Å². The number of hydrogen-bond donors (Lipinski definition) is 3. The fraction of sp³-hybridized carbons (Fsp3) is 0.240. The lowest BCUT2D eigenvalue weighted by atomic mass is 10.0. The molecule has 1 heterocycles. The minimum absolute atomic E-state index is 0.00718. The van der Waals surface area contributed by atoms with E-state index in [0.29, 0.717) is 30.8 Å². The zero-order valence-corrected chi connectivity index (χ0v) is 17.3. The Morgan fingerprint density at radius 3 is 2.43 bits per heavy atom. The maximum atomic E-state index is 12.2. The molecule has 4 N–H and O–H groups in total. The van der Waals surface area contributed by atoms with Crippen LogP contribution in [0, 0.1) is 5.41 Å². The van der Waals surface area contributed by atoms with Gasteiger partial charge in [-0.15, -0.1) is 0 Å². The average Bonchev–Trinajstić information content (AvgIpc) is 2.73. The first-order chi connectivity index (χ1) is 14.5. The molecule has 0 fully saturated rings. The molecule has 1 atom stereocenters. The van der Waals surface area contributed by atoms with Crippen molar-refractivity contribution >= 4 is 17.4 Å². The molecule has 0 saturated heterocycles. The van der Waals surface area contributed by atoms with Gasteiger partial charge in [0.25, 0.3) is 0 Å². The molecule has 30 heavy (non-hydrogen) atoms. The Morgan fingerprint density at radius 2 is 1.73 bits per heavy atom. The first-order valence-electron chi connectivity index (χ1n) is 10.2. The zero-order valence-electron chi connectivity index (χ0n) is 17.3. The quantitative estimate of drug-likeness (QED) is 0.464. The van der Waals surface area contributed by atoms with Crippen molar-refractivity contribution in [3.05, 3.63) is 83.9 Å². The number of hydrogen-bond acceptors (Lipinski definition) is 4. The van der Waals surface area contributed by atoms with Crippen LogP contribution in [-0.2, 0) is 17.6 Å². The fourth-order valence-electron chi connectivity index (χ4n) is 3.38. The molecule has 1 unspecified atom stereocenters. The van der Waals surface area contributed by atoms with Gasteiger partial charge in [0.2, 0.25) is 5.91 Å². The third kappa shape index (κ3) is 6.55. The second-order valence-corrected chi connectivity index (χ2v) is 7.58. The topological polar surface area (TPSA) is 91.9 Å². The zero-order chi connectivity index (χ0) is 21.3. The summed E-state index contributed by atoms with van der Waals surface area (Å²) < 4.78 is 0. The van der Waals surface area contributed by atoms with Crippen molar-refractivity contribution < 1.29 is 4.79 Å². The highest BCUT2D eigenvalue weighted by molar-refractivity contribution is 5.84. The number of anilines is 1. The van der Waals surface area contributed by atoms with Crippen molar-refractivity contribution in [1.29, 1.82) is 5.41 Å².